The van der Waals surface area contributed by atoms with Crippen molar-refractivity contribution in [2.24, 2.45) is 5.92 Å². The Hall–Kier alpha value is -1.43. The van der Waals surface area contributed by atoms with Gasteiger partial charge in [0.05, 0.1) is 6.54 Å². The van der Waals surface area contributed by atoms with Gasteiger partial charge in [-0.3, -0.25) is 4.79 Å². The zero-order valence-corrected chi connectivity index (χ0v) is 12.5. The summed E-state index contributed by atoms with van der Waals surface area (Å²) in [6.07, 6.45) is 2.23. The molecule has 0 radical (unpaired) electrons. The Morgan fingerprint density at radius 1 is 1.50 bits per heavy atom. The van der Waals surface area contributed by atoms with Crippen LogP contribution in [0.4, 0.5) is 0 Å². The van der Waals surface area contributed by atoms with E-state index in [-0.39, 0.29) is 12.0 Å². The van der Waals surface area contributed by atoms with E-state index in [1.165, 1.54) is 0 Å². The van der Waals surface area contributed by atoms with Gasteiger partial charge in [-0.15, -0.1) is 0 Å². The van der Waals surface area contributed by atoms with Crippen molar-refractivity contribution >= 4 is 5.91 Å². The normalized spacial score (nSPS) is 18.7. The topological polar surface area (TPSA) is 68.5 Å². The summed E-state index contributed by atoms with van der Waals surface area (Å²) in [5.74, 6) is 1.70. The van der Waals surface area contributed by atoms with Gasteiger partial charge in [0.15, 0.2) is 5.82 Å². The molecule has 1 saturated heterocycles. The van der Waals surface area contributed by atoms with Crippen molar-refractivity contribution in [2.75, 3.05) is 13.2 Å². The maximum absolute atomic E-state index is 12.3. The standard InChI is InChI=1S/C14H23N3O3/c1-4-17(14(18)11-6-5-7-19-11)9-12-15-13(20-16-12)8-10(2)3/h10-11H,4-9H2,1-3H3/t11-/m1/s1. The van der Waals surface area contributed by atoms with Crippen LogP contribution in [0.3, 0.4) is 0 Å². The second-order valence-corrected chi connectivity index (χ2v) is 5.56. The molecule has 1 aliphatic heterocycles. The number of nitrogens with zero attached hydrogens (tertiary/aromatic N) is 3. The Labute approximate surface area is 119 Å². The first-order chi connectivity index (χ1) is 9.60. The molecule has 1 amide bonds. The number of rotatable bonds is 6. The summed E-state index contributed by atoms with van der Waals surface area (Å²) in [5, 5.41) is 3.95. The molecule has 112 valence electrons. The Balaban J connectivity index is 1.95. The number of amides is 1. The molecule has 1 aromatic heterocycles. The third-order valence-electron chi connectivity index (χ3n) is 3.32. The fourth-order valence-electron chi connectivity index (χ4n) is 2.28. The maximum Gasteiger partial charge on any atom is 0.252 e. The van der Waals surface area contributed by atoms with Gasteiger partial charge in [0.1, 0.15) is 6.10 Å². The van der Waals surface area contributed by atoms with Crippen LogP contribution in [0.1, 0.15) is 45.3 Å². The number of hydrogen-bond acceptors (Lipinski definition) is 5. The van der Waals surface area contributed by atoms with Crippen LogP contribution in [0.15, 0.2) is 4.52 Å². The smallest absolute Gasteiger partial charge is 0.252 e. The van der Waals surface area contributed by atoms with Crippen LogP contribution >= 0.6 is 0 Å². The predicted molar refractivity (Wildman–Crippen MR) is 72.9 cm³/mol. The van der Waals surface area contributed by atoms with Crippen molar-refractivity contribution in [3.05, 3.63) is 11.7 Å². The number of likely N-dealkylation sites (N-methyl/N-ethyl adjacent to an activating group) is 1. The molecule has 6 nitrogen and oxygen atoms in total. The highest BCUT2D eigenvalue weighted by atomic mass is 16.5. The average Bonchev–Trinajstić information content (AvgIpc) is 3.05. The van der Waals surface area contributed by atoms with Crippen molar-refractivity contribution in [2.45, 2.75) is 52.7 Å². The lowest BCUT2D eigenvalue weighted by molar-refractivity contribution is -0.141. The molecule has 2 rings (SSSR count). The number of aromatic nitrogens is 2. The van der Waals surface area contributed by atoms with Gasteiger partial charge in [-0.1, -0.05) is 19.0 Å². The van der Waals surface area contributed by atoms with E-state index in [9.17, 15) is 4.79 Å². The van der Waals surface area contributed by atoms with E-state index in [4.69, 9.17) is 9.26 Å². The molecule has 6 heteroatoms. The van der Waals surface area contributed by atoms with Gasteiger partial charge in [0.25, 0.3) is 5.91 Å². The molecule has 1 atom stereocenters. The molecule has 0 spiro atoms. The van der Waals surface area contributed by atoms with Gasteiger partial charge >= 0.3 is 0 Å². The summed E-state index contributed by atoms with van der Waals surface area (Å²) < 4.78 is 10.6. The summed E-state index contributed by atoms with van der Waals surface area (Å²) >= 11 is 0. The van der Waals surface area contributed by atoms with E-state index in [0.717, 1.165) is 19.3 Å². The molecule has 20 heavy (non-hydrogen) atoms. The van der Waals surface area contributed by atoms with Crippen molar-refractivity contribution in [3.8, 4) is 0 Å². The highest BCUT2D eigenvalue weighted by Crippen LogP contribution is 2.16. The fraction of sp³-hybridized carbons (Fsp3) is 0.786. The molecule has 0 unspecified atom stereocenters. The minimum atomic E-state index is -0.294. The molecule has 0 N–H and O–H groups in total. The SMILES string of the molecule is CCN(Cc1noc(CC(C)C)n1)C(=O)[C@H]1CCCO1. The number of ether oxygens (including phenoxy) is 1. The van der Waals surface area contributed by atoms with E-state index in [1.807, 2.05) is 6.92 Å². The largest absolute Gasteiger partial charge is 0.368 e. The minimum absolute atomic E-state index is 0.0280. The first kappa shape index (κ1) is 15.0. The molecule has 1 aromatic rings. The zero-order chi connectivity index (χ0) is 14.5. The minimum Gasteiger partial charge on any atom is -0.368 e. The summed E-state index contributed by atoms with van der Waals surface area (Å²) in [6, 6.07) is 0. The van der Waals surface area contributed by atoms with Gasteiger partial charge in [-0.2, -0.15) is 4.98 Å². The van der Waals surface area contributed by atoms with Crippen molar-refractivity contribution in [3.63, 3.8) is 0 Å². The van der Waals surface area contributed by atoms with Gasteiger partial charge in [-0.25, -0.2) is 0 Å². The number of hydrogen-bond donors (Lipinski definition) is 0. The summed E-state index contributed by atoms with van der Waals surface area (Å²) in [7, 11) is 0. The summed E-state index contributed by atoms with van der Waals surface area (Å²) in [5.41, 5.74) is 0. The molecule has 1 aliphatic rings. The molecular formula is C14H23N3O3. The molecule has 2 heterocycles. The van der Waals surface area contributed by atoms with E-state index in [0.29, 0.717) is 37.3 Å². The highest BCUT2D eigenvalue weighted by Gasteiger charge is 2.28. The molecule has 0 bridgehead atoms. The maximum atomic E-state index is 12.3. The van der Waals surface area contributed by atoms with Crippen LogP contribution in [0.2, 0.25) is 0 Å². The third-order valence-corrected chi connectivity index (χ3v) is 3.32. The summed E-state index contributed by atoms with van der Waals surface area (Å²) in [6.45, 7) is 7.83. The lowest BCUT2D eigenvalue weighted by atomic mass is 10.1. The fourth-order valence-corrected chi connectivity index (χ4v) is 2.28. The van der Waals surface area contributed by atoms with E-state index in [1.54, 1.807) is 4.90 Å². The van der Waals surface area contributed by atoms with Gasteiger partial charge in [0, 0.05) is 19.6 Å². The second-order valence-electron chi connectivity index (χ2n) is 5.56. The number of carbonyl (C=O) groups is 1. The van der Waals surface area contributed by atoms with Crippen LogP contribution in [0.25, 0.3) is 0 Å². The van der Waals surface area contributed by atoms with Gasteiger partial charge in [0.2, 0.25) is 5.89 Å². The highest BCUT2D eigenvalue weighted by molar-refractivity contribution is 5.81. The monoisotopic (exact) mass is 281 g/mol. The Bertz CT molecular complexity index is 439. The predicted octanol–water partition coefficient (Wildman–Crippen LogP) is 1.80. The van der Waals surface area contributed by atoms with Gasteiger partial charge < -0.3 is 14.2 Å². The second kappa shape index (κ2) is 6.83. The van der Waals surface area contributed by atoms with Crippen LogP contribution in [-0.2, 0) is 22.5 Å². The third kappa shape index (κ3) is 3.79. The quantitative estimate of drug-likeness (QED) is 0.795. The van der Waals surface area contributed by atoms with Crippen molar-refractivity contribution < 1.29 is 14.1 Å². The molecule has 1 fully saturated rings. The van der Waals surface area contributed by atoms with E-state index in [2.05, 4.69) is 24.0 Å². The summed E-state index contributed by atoms with van der Waals surface area (Å²) in [4.78, 5) is 18.3. The van der Waals surface area contributed by atoms with Crippen molar-refractivity contribution in [1.29, 1.82) is 0 Å². The average molecular weight is 281 g/mol. The Morgan fingerprint density at radius 3 is 2.90 bits per heavy atom. The van der Waals surface area contributed by atoms with Crippen LogP contribution in [-0.4, -0.2) is 40.2 Å². The zero-order valence-electron chi connectivity index (χ0n) is 12.5. The molecule has 0 saturated carbocycles. The van der Waals surface area contributed by atoms with E-state index < -0.39 is 0 Å². The molecular weight excluding hydrogens is 258 g/mol. The van der Waals surface area contributed by atoms with Gasteiger partial charge in [-0.05, 0) is 25.7 Å². The lowest BCUT2D eigenvalue weighted by Gasteiger charge is -2.22. The van der Waals surface area contributed by atoms with Crippen LogP contribution in [0, 0.1) is 5.92 Å². The van der Waals surface area contributed by atoms with E-state index >= 15 is 0 Å². The van der Waals surface area contributed by atoms with Crippen LogP contribution < -0.4 is 0 Å². The Morgan fingerprint density at radius 2 is 2.30 bits per heavy atom. The first-order valence-corrected chi connectivity index (χ1v) is 7.32. The molecule has 0 aliphatic carbocycles. The molecule has 0 aromatic carbocycles. The number of carbonyl (C=O) groups excluding carboxylic acids is 1. The van der Waals surface area contributed by atoms with Crippen molar-refractivity contribution in [1.82, 2.24) is 15.0 Å². The first-order valence-electron chi connectivity index (χ1n) is 7.32. The van der Waals surface area contributed by atoms with Crippen LogP contribution in [0.5, 0.6) is 0 Å². The Kier molecular flexibility index (Phi) is 5.11. The lowest BCUT2D eigenvalue weighted by Crippen LogP contribution is -2.38.